The Morgan fingerprint density at radius 3 is 2.32 bits per heavy atom. The number of hydrogen-bond donors (Lipinski definition) is 1. The quantitative estimate of drug-likeness (QED) is 0.621. The van der Waals surface area contributed by atoms with Crippen molar-refractivity contribution in [1.82, 2.24) is 10.2 Å². The first-order valence-electron chi connectivity index (χ1n) is 8.28. The summed E-state index contributed by atoms with van der Waals surface area (Å²) in [6, 6.07) is 16.3. The van der Waals surface area contributed by atoms with Crippen LogP contribution in [0.4, 0.5) is 0 Å². The van der Waals surface area contributed by atoms with Crippen LogP contribution in [0.1, 0.15) is 16.7 Å². The van der Waals surface area contributed by atoms with Gasteiger partial charge >= 0.3 is 0 Å². The third kappa shape index (κ3) is 5.50. The van der Waals surface area contributed by atoms with Crippen molar-refractivity contribution >= 4 is 5.96 Å². The Hall–Kier alpha value is -2.53. The highest BCUT2D eigenvalue weighted by atomic mass is 16.5. The first-order valence-corrected chi connectivity index (χ1v) is 8.28. The van der Waals surface area contributed by atoms with Gasteiger partial charge in [0.05, 0.1) is 13.7 Å². The molecule has 0 radical (unpaired) electrons. The van der Waals surface area contributed by atoms with E-state index in [4.69, 9.17) is 9.47 Å². The van der Waals surface area contributed by atoms with Gasteiger partial charge in [0, 0.05) is 34.3 Å². The van der Waals surface area contributed by atoms with E-state index in [0.29, 0.717) is 13.2 Å². The summed E-state index contributed by atoms with van der Waals surface area (Å²) < 4.78 is 10.5. The van der Waals surface area contributed by atoms with Crippen molar-refractivity contribution in [3.05, 3.63) is 65.2 Å². The monoisotopic (exact) mass is 341 g/mol. The van der Waals surface area contributed by atoms with E-state index in [9.17, 15) is 0 Å². The van der Waals surface area contributed by atoms with Crippen molar-refractivity contribution in [2.24, 2.45) is 4.99 Å². The fraction of sp³-hybridized carbons (Fsp3) is 0.350. The molecule has 0 atom stereocenters. The molecule has 0 aromatic heterocycles. The van der Waals surface area contributed by atoms with Gasteiger partial charge in [0.2, 0.25) is 0 Å². The van der Waals surface area contributed by atoms with Gasteiger partial charge in [0.25, 0.3) is 0 Å². The topological polar surface area (TPSA) is 46.1 Å². The average Bonchev–Trinajstić information content (AvgIpc) is 2.64. The van der Waals surface area contributed by atoms with E-state index in [1.54, 1.807) is 21.3 Å². The van der Waals surface area contributed by atoms with Crippen LogP contribution < -0.4 is 10.1 Å². The molecule has 0 heterocycles. The van der Waals surface area contributed by atoms with Crippen molar-refractivity contribution in [2.75, 3.05) is 28.3 Å². The van der Waals surface area contributed by atoms with Crippen LogP contribution in [0.2, 0.25) is 0 Å². The van der Waals surface area contributed by atoms with E-state index in [-0.39, 0.29) is 0 Å². The molecule has 0 amide bonds. The van der Waals surface area contributed by atoms with E-state index >= 15 is 0 Å². The minimum Gasteiger partial charge on any atom is -0.497 e. The summed E-state index contributed by atoms with van der Waals surface area (Å²) in [5.74, 6) is 1.71. The van der Waals surface area contributed by atoms with E-state index in [1.165, 1.54) is 16.7 Å². The van der Waals surface area contributed by atoms with Crippen molar-refractivity contribution in [3.8, 4) is 5.75 Å². The highest BCUT2D eigenvalue weighted by Crippen LogP contribution is 2.13. The number of methoxy groups -OCH3 is 2. The number of hydrogen-bond acceptors (Lipinski definition) is 3. The largest absolute Gasteiger partial charge is 0.497 e. The molecule has 0 aliphatic heterocycles. The molecule has 0 bridgehead atoms. The standard InChI is InChI=1S/C20H27N3O2/c1-21-20(22-13-17-7-5-6-8-18(17)15-24-3)23(2)14-16-9-11-19(25-4)12-10-16/h5-12H,13-15H2,1-4H3,(H,21,22). The SMILES string of the molecule is CN=C(NCc1ccccc1COC)N(C)Cc1ccc(OC)cc1. The second-order valence-corrected chi connectivity index (χ2v) is 5.81. The van der Waals surface area contributed by atoms with Gasteiger partial charge < -0.3 is 19.7 Å². The van der Waals surface area contributed by atoms with Crippen molar-refractivity contribution in [3.63, 3.8) is 0 Å². The minimum atomic E-state index is 0.609. The molecule has 0 saturated carbocycles. The molecule has 0 unspecified atom stereocenters. The molecule has 25 heavy (non-hydrogen) atoms. The number of rotatable bonds is 7. The van der Waals surface area contributed by atoms with E-state index < -0.39 is 0 Å². The van der Waals surface area contributed by atoms with Crippen LogP contribution in [0.5, 0.6) is 5.75 Å². The molecule has 0 spiro atoms. The molecule has 134 valence electrons. The zero-order chi connectivity index (χ0) is 18.1. The first kappa shape index (κ1) is 18.8. The Bertz CT molecular complexity index is 684. The minimum absolute atomic E-state index is 0.609. The molecular weight excluding hydrogens is 314 g/mol. The van der Waals surface area contributed by atoms with Crippen LogP contribution in [-0.2, 0) is 24.4 Å². The van der Waals surface area contributed by atoms with Crippen LogP contribution in [0, 0.1) is 0 Å². The highest BCUT2D eigenvalue weighted by molar-refractivity contribution is 5.79. The molecule has 1 N–H and O–H groups in total. The number of aliphatic imine (C=N–C) groups is 1. The maximum Gasteiger partial charge on any atom is 0.193 e. The predicted octanol–water partition coefficient (Wildman–Crippen LogP) is 3.05. The molecule has 2 rings (SSSR count). The summed E-state index contributed by atoms with van der Waals surface area (Å²) in [5.41, 5.74) is 3.60. The van der Waals surface area contributed by atoms with E-state index in [2.05, 4.69) is 39.5 Å². The van der Waals surface area contributed by atoms with Gasteiger partial charge in [-0.25, -0.2) is 0 Å². The Morgan fingerprint density at radius 2 is 1.72 bits per heavy atom. The lowest BCUT2D eigenvalue weighted by Crippen LogP contribution is -2.38. The third-order valence-corrected chi connectivity index (χ3v) is 4.01. The number of nitrogens with zero attached hydrogens (tertiary/aromatic N) is 2. The maximum atomic E-state index is 5.27. The molecule has 0 aliphatic carbocycles. The maximum absolute atomic E-state index is 5.27. The Morgan fingerprint density at radius 1 is 1.04 bits per heavy atom. The second-order valence-electron chi connectivity index (χ2n) is 5.81. The summed E-state index contributed by atoms with van der Waals surface area (Å²) in [6.07, 6.45) is 0. The lowest BCUT2D eigenvalue weighted by molar-refractivity contribution is 0.184. The third-order valence-electron chi connectivity index (χ3n) is 4.01. The highest BCUT2D eigenvalue weighted by Gasteiger charge is 2.08. The zero-order valence-electron chi connectivity index (χ0n) is 15.5. The fourth-order valence-corrected chi connectivity index (χ4v) is 2.66. The van der Waals surface area contributed by atoms with Crippen LogP contribution in [0.3, 0.4) is 0 Å². The van der Waals surface area contributed by atoms with Gasteiger partial charge in [-0.1, -0.05) is 36.4 Å². The number of ether oxygens (including phenoxy) is 2. The smallest absolute Gasteiger partial charge is 0.193 e. The van der Waals surface area contributed by atoms with Crippen LogP contribution in [0.25, 0.3) is 0 Å². The molecule has 2 aromatic rings. The van der Waals surface area contributed by atoms with Crippen molar-refractivity contribution in [1.29, 1.82) is 0 Å². The molecule has 0 aliphatic rings. The number of guanidine groups is 1. The zero-order valence-corrected chi connectivity index (χ0v) is 15.5. The van der Waals surface area contributed by atoms with Gasteiger partial charge in [-0.15, -0.1) is 0 Å². The molecule has 0 fully saturated rings. The summed E-state index contributed by atoms with van der Waals surface area (Å²) in [5, 5.41) is 3.42. The Kier molecular flexibility index (Phi) is 7.29. The van der Waals surface area contributed by atoms with E-state index in [1.807, 2.05) is 31.3 Å². The normalized spacial score (nSPS) is 11.3. The fourth-order valence-electron chi connectivity index (χ4n) is 2.66. The van der Waals surface area contributed by atoms with Gasteiger partial charge in [-0.05, 0) is 28.8 Å². The van der Waals surface area contributed by atoms with Gasteiger partial charge in [-0.2, -0.15) is 0 Å². The van der Waals surface area contributed by atoms with E-state index in [0.717, 1.165) is 18.3 Å². The molecular formula is C20H27N3O2. The average molecular weight is 341 g/mol. The Balaban J connectivity index is 1.97. The van der Waals surface area contributed by atoms with Crippen LogP contribution >= 0.6 is 0 Å². The van der Waals surface area contributed by atoms with Gasteiger partial charge in [-0.3, -0.25) is 4.99 Å². The Labute approximate surface area is 150 Å². The summed E-state index contributed by atoms with van der Waals surface area (Å²) in [4.78, 5) is 6.48. The molecule has 2 aromatic carbocycles. The number of nitrogens with one attached hydrogen (secondary N) is 1. The lowest BCUT2D eigenvalue weighted by Gasteiger charge is -2.23. The van der Waals surface area contributed by atoms with Crippen LogP contribution in [-0.4, -0.2) is 39.2 Å². The van der Waals surface area contributed by atoms with Gasteiger partial charge in [0.1, 0.15) is 5.75 Å². The predicted molar refractivity (Wildman–Crippen MR) is 102 cm³/mol. The molecule has 5 nitrogen and oxygen atoms in total. The summed E-state index contributed by atoms with van der Waals surface area (Å²) in [6.45, 7) is 2.08. The molecule has 0 saturated heterocycles. The van der Waals surface area contributed by atoms with Gasteiger partial charge in [0.15, 0.2) is 5.96 Å². The summed E-state index contributed by atoms with van der Waals surface area (Å²) >= 11 is 0. The second kappa shape index (κ2) is 9.69. The van der Waals surface area contributed by atoms with Crippen LogP contribution in [0.15, 0.2) is 53.5 Å². The van der Waals surface area contributed by atoms with Crippen molar-refractivity contribution < 1.29 is 9.47 Å². The van der Waals surface area contributed by atoms with Crippen molar-refractivity contribution in [2.45, 2.75) is 19.7 Å². The molecule has 5 heteroatoms. The lowest BCUT2D eigenvalue weighted by atomic mass is 10.1. The summed E-state index contributed by atoms with van der Waals surface area (Å²) in [7, 11) is 7.22. The first-order chi connectivity index (χ1) is 12.2. The number of benzene rings is 2.